The second kappa shape index (κ2) is 6.19. The smallest absolute Gasteiger partial charge is 0.220 e. The van der Waals surface area contributed by atoms with E-state index in [4.69, 9.17) is 11.0 Å². The van der Waals surface area contributed by atoms with E-state index >= 15 is 0 Å². The van der Waals surface area contributed by atoms with Crippen LogP contribution < -0.4 is 11.1 Å². The summed E-state index contributed by atoms with van der Waals surface area (Å²) in [6, 6.07) is 3.27. The summed E-state index contributed by atoms with van der Waals surface area (Å²) in [6.45, 7) is 0. The van der Waals surface area contributed by atoms with E-state index < -0.39 is 0 Å². The molecule has 0 aromatic carbocycles. The number of carbonyl (C=O) groups is 1. The van der Waals surface area contributed by atoms with Crippen LogP contribution >= 0.6 is 0 Å². The quantitative estimate of drug-likeness (QED) is 0.799. The molecule has 2 unspecified atom stereocenters. The van der Waals surface area contributed by atoms with Crippen LogP contribution in [-0.2, 0) is 4.79 Å². The lowest BCUT2D eigenvalue weighted by molar-refractivity contribution is -0.122. The molecule has 0 aliphatic heterocycles. The number of nitriles is 1. The lowest BCUT2D eigenvalue weighted by atomic mass is 9.82. The Kier molecular flexibility index (Phi) is 4.60. The van der Waals surface area contributed by atoms with Crippen LogP contribution in [0.4, 0.5) is 0 Å². The molecule has 4 nitrogen and oxygen atoms in total. The summed E-state index contributed by atoms with van der Waals surface area (Å²) < 4.78 is 0. The maximum atomic E-state index is 11.1. The van der Waals surface area contributed by atoms with Gasteiger partial charge in [0.2, 0.25) is 5.91 Å². The highest BCUT2D eigenvalue weighted by molar-refractivity contribution is 5.76. The molecule has 100 valence electrons. The summed E-state index contributed by atoms with van der Waals surface area (Å²) in [7, 11) is 0. The van der Waals surface area contributed by atoms with Gasteiger partial charge in [0.05, 0.1) is 12.0 Å². The van der Waals surface area contributed by atoms with Crippen LogP contribution in [0.5, 0.6) is 0 Å². The highest BCUT2D eigenvalue weighted by atomic mass is 16.1. The van der Waals surface area contributed by atoms with Crippen molar-refractivity contribution in [2.75, 3.05) is 0 Å². The summed E-state index contributed by atoms with van der Waals surface area (Å²) in [6.07, 6.45) is 8.40. The molecule has 2 atom stereocenters. The summed E-state index contributed by atoms with van der Waals surface area (Å²) in [5, 5.41) is 12.8. The van der Waals surface area contributed by atoms with Crippen molar-refractivity contribution in [3.63, 3.8) is 0 Å². The van der Waals surface area contributed by atoms with Gasteiger partial charge in [-0.05, 0) is 38.5 Å². The van der Waals surface area contributed by atoms with Crippen LogP contribution in [0.2, 0.25) is 0 Å². The van der Waals surface area contributed by atoms with E-state index in [0.717, 1.165) is 38.5 Å². The molecule has 2 fully saturated rings. The number of primary amides is 1. The molecule has 0 aromatic heterocycles. The average molecular weight is 249 g/mol. The van der Waals surface area contributed by atoms with Gasteiger partial charge in [0.25, 0.3) is 0 Å². The van der Waals surface area contributed by atoms with Crippen LogP contribution in [0.3, 0.4) is 0 Å². The number of nitrogens with zero attached hydrogens (tertiary/aromatic N) is 1. The van der Waals surface area contributed by atoms with Gasteiger partial charge in [-0.1, -0.05) is 12.8 Å². The van der Waals surface area contributed by atoms with E-state index in [2.05, 4.69) is 11.4 Å². The standard InChI is InChI=1S/C14H23N3O/c15-9-11-3-1-2-4-13(11)17-12-7-5-10(6-8-12)14(16)18/h10-13,17H,1-8H2,(H2,16,18). The topological polar surface area (TPSA) is 78.9 Å². The fraction of sp³-hybridized carbons (Fsp3) is 0.857. The number of carbonyl (C=O) groups excluding carboxylic acids is 1. The third kappa shape index (κ3) is 3.23. The van der Waals surface area contributed by atoms with Gasteiger partial charge in [0, 0.05) is 18.0 Å². The Hall–Kier alpha value is -1.08. The molecule has 0 bridgehead atoms. The Bertz CT molecular complexity index is 328. The Balaban J connectivity index is 1.80. The SMILES string of the molecule is N#CC1CCCCC1NC1CCC(C(N)=O)CC1. The first kappa shape index (κ1) is 13.4. The first-order valence-electron chi connectivity index (χ1n) is 7.15. The average Bonchev–Trinajstić information content (AvgIpc) is 2.40. The van der Waals surface area contributed by atoms with Crippen molar-refractivity contribution in [1.29, 1.82) is 5.26 Å². The van der Waals surface area contributed by atoms with Crippen LogP contribution in [0.25, 0.3) is 0 Å². The van der Waals surface area contributed by atoms with Crippen molar-refractivity contribution >= 4 is 5.91 Å². The number of nitrogens with two attached hydrogens (primary N) is 1. The van der Waals surface area contributed by atoms with Gasteiger partial charge >= 0.3 is 0 Å². The molecule has 0 saturated heterocycles. The van der Waals surface area contributed by atoms with Gasteiger partial charge in [0.15, 0.2) is 0 Å². The van der Waals surface area contributed by atoms with Crippen LogP contribution in [0.15, 0.2) is 0 Å². The van der Waals surface area contributed by atoms with E-state index in [0.29, 0.717) is 12.1 Å². The minimum atomic E-state index is -0.152. The summed E-state index contributed by atoms with van der Waals surface area (Å²) in [4.78, 5) is 11.1. The van der Waals surface area contributed by atoms with Gasteiger partial charge in [-0.25, -0.2) is 0 Å². The van der Waals surface area contributed by atoms with E-state index in [1.165, 1.54) is 12.8 Å². The molecule has 2 saturated carbocycles. The molecule has 18 heavy (non-hydrogen) atoms. The van der Waals surface area contributed by atoms with Crippen molar-refractivity contribution in [3.05, 3.63) is 0 Å². The summed E-state index contributed by atoms with van der Waals surface area (Å²) >= 11 is 0. The molecule has 1 amide bonds. The van der Waals surface area contributed by atoms with Gasteiger partial charge < -0.3 is 11.1 Å². The molecule has 0 radical (unpaired) electrons. The number of hydrogen-bond acceptors (Lipinski definition) is 3. The van der Waals surface area contributed by atoms with Crippen molar-refractivity contribution in [2.24, 2.45) is 17.6 Å². The van der Waals surface area contributed by atoms with Gasteiger partial charge in [0.1, 0.15) is 0 Å². The Morgan fingerprint density at radius 1 is 1.11 bits per heavy atom. The first-order valence-corrected chi connectivity index (χ1v) is 7.15. The first-order chi connectivity index (χ1) is 8.70. The van der Waals surface area contributed by atoms with Gasteiger partial charge in [-0.2, -0.15) is 5.26 Å². The predicted molar refractivity (Wildman–Crippen MR) is 69.4 cm³/mol. The zero-order valence-electron chi connectivity index (χ0n) is 10.9. The monoisotopic (exact) mass is 249 g/mol. The summed E-state index contributed by atoms with van der Waals surface area (Å²) in [5.41, 5.74) is 5.34. The largest absolute Gasteiger partial charge is 0.369 e. The lowest BCUT2D eigenvalue weighted by Gasteiger charge is -2.34. The third-order valence-corrected chi connectivity index (χ3v) is 4.51. The van der Waals surface area contributed by atoms with Crippen molar-refractivity contribution < 1.29 is 4.79 Å². The minimum Gasteiger partial charge on any atom is -0.369 e. The Morgan fingerprint density at radius 3 is 2.39 bits per heavy atom. The van der Waals surface area contributed by atoms with Crippen molar-refractivity contribution in [2.45, 2.75) is 63.5 Å². The highest BCUT2D eigenvalue weighted by Gasteiger charge is 2.30. The van der Waals surface area contributed by atoms with E-state index in [-0.39, 0.29) is 17.7 Å². The molecule has 3 N–H and O–H groups in total. The number of rotatable bonds is 3. The third-order valence-electron chi connectivity index (χ3n) is 4.51. The van der Waals surface area contributed by atoms with E-state index in [9.17, 15) is 4.79 Å². The van der Waals surface area contributed by atoms with Gasteiger partial charge in [-0.3, -0.25) is 4.79 Å². The van der Waals surface area contributed by atoms with Crippen LogP contribution in [0.1, 0.15) is 51.4 Å². The van der Waals surface area contributed by atoms with E-state index in [1.54, 1.807) is 0 Å². The number of hydrogen-bond donors (Lipinski definition) is 2. The number of nitrogens with one attached hydrogen (secondary N) is 1. The second-order valence-corrected chi connectivity index (χ2v) is 5.74. The lowest BCUT2D eigenvalue weighted by Crippen LogP contribution is -2.46. The molecule has 2 aliphatic rings. The molecule has 0 heterocycles. The van der Waals surface area contributed by atoms with Crippen LogP contribution in [-0.4, -0.2) is 18.0 Å². The zero-order valence-corrected chi connectivity index (χ0v) is 10.9. The highest BCUT2D eigenvalue weighted by Crippen LogP contribution is 2.28. The molecule has 2 aliphatic carbocycles. The fourth-order valence-corrected chi connectivity index (χ4v) is 3.33. The van der Waals surface area contributed by atoms with Crippen molar-refractivity contribution in [1.82, 2.24) is 5.32 Å². The Labute approximate surface area is 109 Å². The Morgan fingerprint density at radius 2 is 1.78 bits per heavy atom. The molecular formula is C14H23N3O. The molecular weight excluding hydrogens is 226 g/mol. The molecule has 4 heteroatoms. The minimum absolute atomic E-state index is 0.0705. The maximum Gasteiger partial charge on any atom is 0.220 e. The predicted octanol–water partition coefficient (Wildman–Crippen LogP) is 1.70. The second-order valence-electron chi connectivity index (χ2n) is 5.74. The van der Waals surface area contributed by atoms with Gasteiger partial charge in [-0.15, -0.1) is 0 Å². The maximum absolute atomic E-state index is 11.1. The normalized spacial score (nSPS) is 36.8. The summed E-state index contributed by atoms with van der Waals surface area (Å²) in [5.74, 6) is 0.0924. The zero-order chi connectivity index (χ0) is 13.0. The van der Waals surface area contributed by atoms with Crippen LogP contribution in [0, 0.1) is 23.2 Å². The molecule has 0 aromatic rings. The van der Waals surface area contributed by atoms with Crippen molar-refractivity contribution in [3.8, 4) is 6.07 Å². The molecule has 2 rings (SSSR count). The fourth-order valence-electron chi connectivity index (χ4n) is 3.33. The molecule has 0 spiro atoms. The number of amides is 1. The van der Waals surface area contributed by atoms with E-state index in [1.807, 2.05) is 0 Å².